The largest absolute Gasteiger partial charge is 0.350 e. The van der Waals surface area contributed by atoms with Crippen molar-refractivity contribution in [1.82, 2.24) is 14.4 Å². The minimum absolute atomic E-state index is 0.0886. The number of aromatic nitrogens is 1. The highest BCUT2D eigenvalue weighted by atomic mass is 32.1. The van der Waals surface area contributed by atoms with E-state index >= 15 is 0 Å². The van der Waals surface area contributed by atoms with Crippen LogP contribution in [0.25, 0.3) is 21.0 Å². The van der Waals surface area contributed by atoms with Gasteiger partial charge in [-0.2, -0.15) is 0 Å². The summed E-state index contributed by atoms with van der Waals surface area (Å²) in [5.74, 6) is 0.220. The Morgan fingerprint density at radius 2 is 2.00 bits per heavy atom. The molecule has 6 heteroatoms. The molecule has 1 unspecified atom stereocenters. The Balaban J connectivity index is 1.45. The highest BCUT2D eigenvalue weighted by molar-refractivity contribution is 7.21. The van der Waals surface area contributed by atoms with Gasteiger partial charge in [0.15, 0.2) is 0 Å². The number of hydrogen-bond acceptors (Lipinski definition) is 3. The van der Waals surface area contributed by atoms with Crippen LogP contribution in [0.3, 0.4) is 0 Å². The van der Waals surface area contributed by atoms with Gasteiger partial charge >= 0.3 is 0 Å². The van der Waals surface area contributed by atoms with Gasteiger partial charge in [-0.3, -0.25) is 9.69 Å². The second kappa shape index (κ2) is 7.77. The van der Waals surface area contributed by atoms with E-state index in [0.717, 1.165) is 41.8 Å². The fourth-order valence-electron chi connectivity index (χ4n) is 4.85. The van der Waals surface area contributed by atoms with Gasteiger partial charge in [-0.15, -0.1) is 11.3 Å². The van der Waals surface area contributed by atoms with Gasteiger partial charge in [-0.05, 0) is 53.7 Å². The first-order valence-corrected chi connectivity index (χ1v) is 11.4. The molecule has 1 aliphatic heterocycles. The summed E-state index contributed by atoms with van der Waals surface area (Å²) in [6.07, 6.45) is 3.15. The van der Waals surface area contributed by atoms with Crippen molar-refractivity contribution in [3.8, 4) is 0 Å². The predicted octanol–water partition coefficient (Wildman–Crippen LogP) is 5.22. The third kappa shape index (κ3) is 3.54. The first-order chi connectivity index (χ1) is 14.9. The van der Waals surface area contributed by atoms with E-state index in [4.69, 9.17) is 0 Å². The van der Waals surface area contributed by atoms with Crippen molar-refractivity contribution in [3.05, 3.63) is 70.5 Å². The van der Waals surface area contributed by atoms with Crippen molar-refractivity contribution in [2.24, 2.45) is 7.05 Å². The molecule has 0 spiro atoms. The molecular formula is C25H26FN3OS. The summed E-state index contributed by atoms with van der Waals surface area (Å²) in [5.41, 5.74) is 3.35. The molecule has 160 valence electrons. The molecule has 1 saturated heterocycles. The van der Waals surface area contributed by atoms with Gasteiger partial charge in [0.2, 0.25) is 0 Å². The standard InChI is InChI=1S/C25H26FN3OS/c1-27(2)25(30)24-23(20-6-4-5-7-22(20)31-24)16-10-11-29(14-16)15-17-13-28(3)21-12-18(26)8-9-19(17)21/h4-9,12-13,16H,10-11,14-15H2,1-3H3. The number of aryl methyl sites for hydroxylation is 1. The van der Waals surface area contributed by atoms with Gasteiger partial charge in [0.05, 0.1) is 10.4 Å². The Bertz CT molecular complexity index is 1290. The summed E-state index contributed by atoms with van der Waals surface area (Å²) in [5, 5.41) is 2.32. The Kier molecular flexibility index (Phi) is 5.07. The monoisotopic (exact) mass is 435 g/mol. The molecule has 4 nitrogen and oxygen atoms in total. The van der Waals surface area contributed by atoms with Crippen molar-refractivity contribution in [2.75, 3.05) is 27.2 Å². The zero-order valence-corrected chi connectivity index (χ0v) is 18.9. The summed E-state index contributed by atoms with van der Waals surface area (Å²) in [6.45, 7) is 2.74. The van der Waals surface area contributed by atoms with E-state index in [9.17, 15) is 9.18 Å². The van der Waals surface area contributed by atoms with Gasteiger partial charge in [-0.1, -0.05) is 18.2 Å². The van der Waals surface area contributed by atoms with E-state index in [-0.39, 0.29) is 11.7 Å². The molecule has 0 bridgehead atoms. The maximum atomic E-state index is 13.7. The lowest BCUT2D eigenvalue weighted by atomic mass is 9.95. The zero-order chi connectivity index (χ0) is 21.7. The molecule has 1 aliphatic rings. The predicted molar refractivity (Wildman–Crippen MR) is 125 cm³/mol. The van der Waals surface area contributed by atoms with Crippen molar-refractivity contribution in [2.45, 2.75) is 18.9 Å². The Morgan fingerprint density at radius 1 is 1.19 bits per heavy atom. The first-order valence-electron chi connectivity index (χ1n) is 10.6. The van der Waals surface area contributed by atoms with Crippen LogP contribution < -0.4 is 0 Å². The van der Waals surface area contributed by atoms with Crippen LogP contribution in [0.4, 0.5) is 4.39 Å². The van der Waals surface area contributed by atoms with Crippen molar-refractivity contribution >= 4 is 38.2 Å². The molecule has 0 N–H and O–H groups in total. The van der Waals surface area contributed by atoms with Gasteiger partial charge in [0.25, 0.3) is 5.91 Å². The molecule has 4 aromatic rings. The summed E-state index contributed by atoms with van der Waals surface area (Å²) in [7, 11) is 5.61. The van der Waals surface area contributed by atoms with Crippen LogP contribution >= 0.6 is 11.3 Å². The second-order valence-corrected chi connectivity index (χ2v) is 9.74. The fraction of sp³-hybridized carbons (Fsp3) is 0.320. The van der Waals surface area contributed by atoms with Crippen molar-refractivity contribution in [3.63, 3.8) is 0 Å². The number of fused-ring (bicyclic) bond motifs is 2. The van der Waals surface area contributed by atoms with Crippen LogP contribution in [-0.4, -0.2) is 47.5 Å². The fourth-order valence-corrected chi connectivity index (χ4v) is 6.16. The van der Waals surface area contributed by atoms with E-state index < -0.39 is 0 Å². The highest BCUT2D eigenvalue weighted by Crippen LogP contribution is 2.41. The smallest absolute Gasteiger partial charge is 0.263 e. The Labute approximate surface area is 185 Å². The molecule has 3 heterocycles. The van der Waals surface area contributed by atoms with Gasteiger partial charge in [-0.25, -0.2) is 4.39 Å². The highest BCUT2D eigenvalue weighted by Gasteiger charge is 2.31. The lowest BCUT2D eigenvalue weighted by molar-refractivity contribution is 0.0831. The van der Waals surface area contributed by atoms with E-state index in [1.54, 1.807) is 22.3 Å². The molecule has 2 aromatic heterocycles. The summed E-state index contributed by atoms with van der Waals surface area (Å²) < 4.78 is 16.9. The number of nitrogens with zero attached hydrogens (tertiary/aromatic N) is 3. The molecule has 1 atom stereocenters. The zero-order valence-electron chi connectivity index (χ0n) is 18.1. The quantitative estimate of drug-likeness (QED) is 0.440. The molecule has 31 heavy (non-hydrogen) atoms. The van der Waals surface area contributed by atoms with E-state index in [1.165, 1.54) is 27.3 Å². The minimum Gasteiger partial charge on any atom is -0.350 e. The molecule has 0 saturated carbocycles. The lowest BCUT2D eigenvalue weighted by Gasteiger charge is -2.17. The average Bonchev–Trinajstić information content (AvgIpc) is 3.43. The Hall–Kier alpha value is -2.70. The second-order valence-electron chi connectivity index (χ2n) is 8.69. The first kappa shape index (κ1) is 20.2. The van der Waals surface area contributed by atoms with Crippen molar-refractivity contribution in [1.29, 1.82) is 0 Å². The van der Waals surface area contributed by atoms with Gasteiger partial charge < -0.3 is 9.47 Å². The van der Waals surface area contributed by atoms with Crippen LogP contribution in [0.1, 0.15) is 33.1 Å². The Morgan fingerprint density at radius 3 is 2.81 bits per heavy atom. The number of halogens is 1. The topological polar surface area (TPSA) is 28.5 Å². The normalized spacial score (nSPS) is 17.1. The van der Waals surface area contributed by atoms with Crippen LogP contribution in [0.15, 0.2) is 48.7 Å². The minimum atomic E-state index is -0.205. The summed E-state index contributed by atoms with van der Waals surface area (Å²) in [6, 6.07) is 13.4. The van der Waals surface area contributed by atoms with Crippen LogP contribution in [0.5, 0.6) is 0 Å². The third-order valence-corrected chi connectivity index (χ3v) is 7.52. The number of benzene rings is 2. The van der Waals surface area contributed by atoms with E-state index in [0.29, 0.717) is 5.92 Å². The number of rotatable bonds is 4. The molecule has 5 rings (SSSR count). The summed E-state index contributed by atoms with van der Waals surface area (Å²) in [4.78, 5) is 17.9. The van der Waals surface area contributed by atoms with Gasteiger partial charge in [0, 0.05) is 56.4 Å². The molecule has 0 radical (unpaired) electrons. The molecule has 1 amide bonds. The van der Waals surface area contributed by atoms with Crippen LogP contribution in [0.2, 0.25) is 0 Å². The number of carbonyl (C=O) groups is 1. The SMILES string of the molecule is CN(C)C(=O)c1sc2ccccc2c1C1CCN(Cc2cn(C)c3cc(F)ccc23)C1. The van der Waals surface area contributed by atoms with Gasteiger partial charge in [0.1, 0.15) is 5.82 Å². The number of carbonyl (C=O) groups excluding carboxylic acids is 1. The maximum absolute atomic E-state index is 13.7. The maximum Gasteiger partial charge on any atom is 0.263 e. The lowest BCUT2D eigenvalue weighted by Crippen LogP contribution is -2.23. The number of amides is 1. The number of hydrogen-bond donors (Lipinski definition) is 0. The molecular weight excluding hydrogens is 409 g/mol. The van der Waals surface area contributed by atoms with E-state index in [2.05, 4.69) is 29.3 Å². The van der Waals surface area contributed by atoms with E-state index in [1.807, 2.05) is 37.8 Å². The number of thiophene rings is 1. The number of likely N-dealkylation sites (tertiary alicyclic amines) is 1. The molecule has 0 aliphatic carbocycles. The van der Waals surface area contributed by atoms with Crippen molar-refractivity contribution < 1.29 is 9.18 Å². The molecule has 1 fully saturated rings. The third-order valence-electron chi connectivity index (χ3n) is 6.34. The molecule has 2 aromatic carbocycles. The van der Waals surface area contributed by atoms with Crippen LogP contribution in [0, 0.1) is 5.82 Å². The summed E-state index contributed by atoms with van der Waals surface area (Å²) >= 11 is 1.61. The average molecular weight is 436 g/mol. The van der Waals surface area contributed by atoms with Crippen LogP contribution in [-0.2, 0) is 13.6 Å².